The SMILES string of the molecule is O=C(N[C@H]1CCS(=O)(=O)C1)c1sc2ccccc2c1Cl. The maximum absolute atomic E-state index is 12.2. The molecule has 1 aliphatic rings. The van der Waals surface area contributed by atoms with Crippen LogP contribution in [0.4, 0.5) is 0 Å². The van der Waals surface area contributed by atoms with E-state index in [2.05, 4.69) is 5.32 Å². The van der Waals surface area contributed by atoms with E-state index in [1.165, 1.54) is 11.3 Å². The summed E-state index contributed by atoms with van der Waals surface area (Å²) in [4.78, 5) is 12.7. The molecular formula is C13H12ClNO3S2. The first kappa shape index (κ1) is 13.9. The Labute approximate surface area is 125 Å². The van der Waals surface area contributed by atoms with E-state index in [1.54, 1.807) is 0 Å². The van der Waals surface area contributed by atoms with Crippen LogP contribution in [0.2, 0.25) is 5.02 Å². The van der Waals surface area contributed by atoms with Crippen LogP contribution in [0, 0.1) is 0 Å². The average molecular weight is 330 g/mol. The number of fused-ring (bicyclic) bond motifs is 1. The molecule has 7 heteroatoms. The lowest BCUT2D eigenvalue weighted by atomic mass is 10.2. The van der Waals surface area contributed by atoms with Gasteiger partial charge in [0.25, 0.3) is 5.91 Å². The molecule has 1 aromatic carbocycles. The average Bonchev–Trinajstić information content (AvgIpc) is 2.91. The van der Waals surface area contributed by atoms with Gasteiger partial charge in [-0.25, -0.2) is 8.42 Å². The van der Waals surface area contributed by atoms with Crippen LogP contribution in [0.25, 0.3) is 10.1 Å². The standard InChI is InChI=1S/C13H12ClNO3S2/c14-11-9-3-1-2-4-10(9)19-12(11)13(16)15-8-5-6-20(17,18)7-8/h1-4,8H,5-7H2,(H,15,16)/t8-/m0/s1. The second kappa shape index (κ2) is 5.02. The first-order valence-electron chi connectivity index (χ1n) is 6.14. The van der Waals surface area contributed by atoms with Crippen LogP contribution in [0.3, 0.4) is 0 Å². The van der Waals surface area contributed by atoms with Crippen molar-refractivity contribution in [3.05, 3.63) is 34.2 Å². The van der Waals surface area contributed by atoms with E-state index < -0.39 is 9.84 Å². The summed E-state index contributed by atoms with van der Waals surface area (Å²) in [6.07, 6.45) is 0.469. The Bertz CT molecular complexity index is 782. The minimum absolute atomic E-state index is 0.0151. The van der Waals surface area contributed by atoms with Crippen LogP contribution in [-0.4, -0.2) is 31.9 Å². The van der Waals surface area contributed by atoms with Crippen molar-refractivity contribution in [1.82, 2.24) is 5.32 Å². The highest BCUT2D eigenvalue weighted by Crippen LogP contribution is 2.35. The van der Waals surface area contributed by atoms with Gasteiger partial charge in [0.1, 0.15) is 4.88 Å². The van der Waals surface area contributed by atoms with E-state index in [0.717, 1.165) is 10.1 Å². The molecule has 106 valence electrons. The molecule has 1 aliphatic heterocycles. The third-order valence-electron chi connectivity index (χ3n) is 3.31. The first-order chi connectivity index (χ1) is 9.46. The van der Waals surface area contributed by atoms with Crippen molar-refractivity contribution in [2.24, 2.45) is 0 Å². The van der Waals surface area contributed by atoms with Gasteiger partial charge in [0.2, 0.25) is 0 Å². The molecule has 20 heavy (non-hydrogen) atoms. The summed E-state index contributed by atoms with van der Waals surface area (Å²) in [5, 5.41) is 4.04. The Balaban J connectivity index is 1.84. The number of hydrogen-bond acceptors (Lipinski definition) is 4. The monoisotopic (exact) mass is 329 g/mol. The quantitative estimate of drug-likeness (QED) is 0.920. The number of nitrogens with one attached hydrogen (secondary N) is 1. The summed E-state index contributed by atoms with van der Waals surface area (Å²) < 4.78 is 23.7. The maximum Gasteiger partial charge on any atom is 0.263 e. The van der Waals surface area contributed by atoms with Crippen LogP contribution in [0.15, 0.2) is 24.3 Å². The van der Waals surface area contributed by atoms with E-state index in [1.807, 2.05) is 24.3 Å². The minimum atomic E-state index is -3.00. The summed E-state index contributed by atoms with van der Waals surface area (Å²) in [5.41, 5.74) is 0. The zero-order valence-corrected chi connectivity index (χ0v) is 12.8. The highest BCUT2D eigenvalue weighted by molar-refractivity contribution is 7.91. The molecule has 3 rings (SSSR count). The summed E-state index contributed by atoms with van der Waals surface area (Å²) in [5.74, 6) is -0.141. The van der Waals surface area contributed by atoms with Crippen molar-refractivity contribution in [2.75, 3.05) is 11.5 Å². The molecule has 1 N–H and O–H groups in total. The van der Waals surface area contributed by atoms with Crippen LogP contribution >= 0.6 is 22.9 Å². The predicted octanol–water partition coefficient (Wildman–Crippen LogP) is 2.47. The Kier molecular flexibility index (Phi) is 3.48. The number of hydrogen-bond donors (Lipinski definition) is 1. The van der Waals surface area contributed by atoms with Crippen molar-refractivity contribution < 1.29 is 13.2 Å². The molecule has 0 saturated carbocycles. The molecule has 0 radical (unpaired) electrons. The fourth-order valence-electron chi connectivity index (χ4n) is 2.32. The van der Waals surface area contributed by atoms with Crippen molar-refractivity contribution in [1.29, 1.82) is 0 Å². The topological polar surface area (TPSA) is 63.2 Å². The normalized spacial score (nSPS) is 21.1. The maximum atomic E-state index is 12.2. The van der Waals surface area contributed by atoms with Gasteiger partial charge < -0.3 is 5.32 Å². The largest absolute Gasteiger partial charge is 0.348 e. The van der Waals surface area contributed by atoms with E-state index in [-0.39, 0.29) is 23.5 Å². The highest BCUT2D eigenvalue weighted by Gasteiger charge is 2.30. The number of rotatable bonds is 2. The summed E-state index contributed by atoms with van der Waals surface area (Å²) in [7, 11) is -3.00. The number of benzene rings is 1. The fraction of sp³-hybridized carbons (Fsp3) is 0.308. The molecule has 1 fully saturated rings. The molecule has 0 unspecified atom stereocenters. The van der Waals surface area contributed by atoms with E-state index in [0.29, 0.717) is 16.3 Å². The molecular weight excluding hydrogens is 318 g/mol. The third kappa shape index (κ3) is 2.55. The number of thiophene rings is 1. The van der Waals surface area contributed by atoms with Crippen molar-refractivity contribution in [3.8, 4) is 0 Å². The van der Waals surface area contributed by atoms with Crippen molar-refractivity contribution in [2.45, 2.75) is 12.5 Å². The molecule has 0 aliphatic carbocycles. The van der Waals surface area contributed by atoms with Crippen LogP contribution in [-0.2, 0) is 9.84 Å². The molecule has 0 bridgehead atoms. The summed E-state index contributed by atoms with van der Waals surface area (Å²) in [6, 6.07) is 7.22. The van der Waals surface area contributed by atoms with Gasteiger partial charge in [0.15, 0.2) is 9.84 Å². The van der Waals surface area contributed by atoms with E-state index in [9.17, 15) is 13.2 Å². The second-order valence-corrected chi connectivity index (χ2v) is 8.47. The molecule has 1 amide bonds. The van der Waals surface area contributed by atoms with Crippen molar-refractivity contribution in [3.63, 3.8) is 0 Å². The Morgan fingerprint density at radius 1 is 1.35 bits per heavy atom. The lowest BCUT2D eigenvalue weighted by Gasteiger charge is -2.09. The molecule has 1 aromatic heterocycles. The minimum Gasteiger partial charge on any atom is -0.348 e. The smallest absolute Gasteiger partial charge is 0.263 e. The van der Waals surface area contributed by atoms with Crippen molar-refractivity contribution >= 4 is 48.8 Å². The Morgan fingerprint density at radius 3 is 2.75 bits per heavy atom. The number of sulfone groups is 1. The molecule has 0 spiro atoms. The number of carbonyl (C=O) groups is 1. The highest BCUT2D eigenvalue weighted by atomic mass is 35.5. The van der Waals surface area contributed by atoms with Gasteiger partial charge in [-0.15, -0.1) is 11.3 Å². The van der Waals surface area contributed by atoms with E-state index in [4.69, 9.17) is 11.6 Å². The van der Waals surface area contributed by atoms with Gasteiger partial charge >= 0.3 is 0 Å². The lowest BCUT2D eigenvalue weighted by molar-refractivity contribution is 0.0945. The zero-order valence-electron chi connectivity index (χ0n) is 10.4. The predicted molar refractivity (Wildman–Crippen MR) is 81.4 cm³/mol. The molecule has 1 saturated heterocycles. The van der Waals surface area contributed by atoms with Gasteiger partial charge in [-0.05, 0) is 12.5 Å². The van der Waals surface area contributed by atoms with Gasteiger partial charge in [-0.2, -0.15) is 0 Å². The number of carbonyl (C=O) groups excluding carboxylic acids is 1. The fourth-order valence-corrected chi connectivity index (χ4v) is 5.41. The Morgan fingerprint density at radius 2 is 2.10 bits per heavy atom. The van der Waals surface area contributed by atoms with E-state index >= 15 is 0 Å². The number of amides is 1. The second-order valence-electron chi connectivity index (χ2n) is 4.81. The van der Waals surface area contributed by atoms with Gasteiger partial charge in [-0.3, -0.25) is 4.79 Å². The molecule has 2 aromatic rings. The van der Waals surface area contributed by atoms with Gasteiger partial charge in [0, 0.05) is 16.1 Å². The van der Waals surface area contributed by atoms with Gasteiger partial charge in [-0.1, -0.05) is 29.8 Å². The Hall–Kier alpha value is -1.11. The summed E-state index contributed by atoms with van der Waals surface area (Å²) >= 11 is 7.55. The zero-order chi connectivity index (χ0) is 14.3. The van der Waals surface area contributed by atoms with Crippen LogP contribution < -0.4 is 5.32 Å². The van der Waals surface area contributed by atoms with Crippen LogP contribution in [0.1, 0.15) is 16.1 Å². The summed E-state index contributed by atoms with van der Waals surface area (Å²) in [6.45, 7) is 0. The molecule has 1 atom stereocenters. The van der Waals surface area contributed by atoms with Gasteiger partial charge in [0.05, 0.1) is 16.5 Å². The van der Waals surface area contributed by atoms with Crippen LogP contribution in [0.5, 0.6) is 0 Å². The first-order valence-corrected chi connectivity index (χ1v) is 9.16. The number of halogens is 1. The molecule has 4 nitrogen and oxygen atoms in total. The lowest BCUT2D eigenvalue weighted by Crippen LogP contribution is -2.35. The molecule has 2 heterocycles. The third-order valence-corrected chi connectivity index (χ3v) is 6.75.